The number of urea groups is 1. The highest BCUT2D eigenvalue weighted by Crippen LogP contribution is 2.37. The van der Waals surface area contributed by atoms with E-state index in [1.165, 1.54) is 44.8 Å². The number of hydrogen-bond acceptors (Lipinski definition) is 7. The van der Waals surface area contributed by atoms with Gasteiger partial charge in [0.1, 0.15) is 5.00 Å². The van der Waals surface area contributed by atoms with Gasteiger partial charge >= 0.3 is 6.03 Å². The second-order valence-electron chi connectivity index (χ2n) is 10.3. The molecule has 2 aromatic carbocycles. The minimum atomic E-state index is -3.74. The van der Waals surface area contributed by atoms with Gasteiger partial charge in [-0.2, -0.15) is 4.31 Å². The highest BCUT2D eigenvalue weighted by Gasteiger charge is 2.31. The Kier molecular flexibility index (Phi) is 8.28. The van der Waals surface area contributed by atoms with Crippen molar-refractivity contribution < 1.29 is 22.8 Å². The van der Waals surface area contributed by atoms with E-state index < -0.39 is 27.9 Å². The number of nitrogens with one attached hydrogen (secondary N) is 2. The van der Waals surface area contributed by atoms with Crippen LogP contribution in [0.25, 0.3) is 0 Å². The van der Waals surface area contributed by atoms with Crippen LogP contribution >= 0.6 is 11.3 Å². The molecule has 10 nitrogen and oxygen atoms in total. The van der Waals surface area contributed by atoms with E-state index in [2.05, 4.69) is 22.5 Å². The van der Waals surface area contributed by atoms with Gasteiger partial charge < -0.3 is 10.2 Å². The summed E-state index contributed by atoms with van der Waals surface area (Å²) in [5, 5.41) is 5.61. The normalized spacial score (nSPS) is 15.5. The van der Waals surface area contributed by atoms with Gasteiger partial charge in [0.15, 0.2) is 0 Å². The summed E-state index contributed by atoms with van der Waals surface area (Å²) in [6.07, 6.45) is 1.27. The Hall–Kier alpha value is -3.58. The molecule has 2 aliphatic heterocycles. The first-order valence-electron chi connectivity index (χ1n) is 13.5. The first kappa shape index (κ1) is 28.9. The number of hydrogen-bond donors (Lipinski definition) is 2. The number of anilines is 1. The van der Waals surface area contributed by atoms with Crippen molar-refractivity contribution >= 4 is 44.2 Å². The lowest BCUT2D eigenvalue weighted by Crippen LogP contribution is -2.39. The summed E-state index contributed by atoms with van der Waals surface area (Å²) in [4.78, 5) is 43.3. The minimum absolute atomic E-state index is 0.113. The maximum absolute atomic E-state index is 13.3. The maximum atomic E-state index is 13.3. The third kappa shape index (κ3) is 5.91. The lowest BCUT2D eigenvalue weighted by molar-refractivity contribution is 0.0956. The number of rotatable bonds is 6. The number of fused-ring (bicyclic) bond motifs is 2. The molecule has 0 unspecified atom stereocenters. The summed E-state index contributed by atoms with van der Waals surface area (Å²) in [7, 11) is -0.656. The molecule has 12 heteroatoms. The molecule has 0 fully saturated rings. The summed E-state index contributed by atoms with van der Waals surface area (Å²) >= 11 is 1.33. The molecular formula is C29H33N5O5S2. The standard InChI is InChI=1S/C29H33N5O5S2/c1-4-33-15-14-23-24(18-33)40-28(25(23)27(36)31-29(37)32(2)3)30-26(35)20-9-11-22(12-10-20)41(38,39)34-16-13-19-7-5-6-8-21(19)17-34/h5-12H,4,13-18H2,1-3H3,(H,30,35)(H,31,36,37). The van der Waals surface area contributed by atoms with E-state index in [1.54, 1.807) is 14.1 Å². The van der Waals surface area contributed by atoms with Gasteiger partial charge in [-0.05, 0) is 60.3 Å². The van der Waals surface area contributed by atoms with Crippen LogP contribution in [-0.4, -0.2) is 74.1 Å². The molecule has 2 aliphatic rings. The second-order valence-corrected chi connectivity index (χ2v) is 13.4. The van der Waals surface area contributed by atoms with Crippen LogP contribution in [0.2, 0.25) is 0 Å². The van der Waals surface area contributed by atoms with Crippen LogP contribution in [0.3, 0.4) is 0 Å². The van der Waals surface area contributed by atoms with Crippen LogP contribution in [0.15, 0.2) is 53.4 Å². The number of imide groups is 1. The highest BCUT2D eigenvalue weighted by molar-refractivity contribution is 7.89. The topological polar surface area (TPSA) is 119 Å². The summed E-state index contributed by atoms with van der Waals surface area (Å²) in [6, 6.07) is 13.1. The van der Waals surface area contributed by atoms with Gasteiger partial charge in [0, 0.05) is 50.7 Å². The molecule has 0 bridgehead atoms. The second kappa shape index (κ2) is 11.7. The van der Waals surface area contributed by atoms with Crippen LogP contribution in [0.1, 0.15) is 49.2 Å². The Morgan fingerprint density at radius 3 is 2.32 bits per heavy atom. The Bertz CT molecular complexity index is 1600. The van der Waals surface area contributed by atoms with Gasteiger partial charge in [-0.15, -0.1) is 11.3 Å². The summed E-state index contributed by atoms with van der Waals surface area (Å²) < 4.78 is 28.1. The first-order chi connectivity index (χ1) is 19.6. The van der Waals surface area contributed by atoms with E-state index in [0.29, 0.717) is 43.0 Å². The highest BCUT2D eigenvalue weighted by atomic mass is 32.2. The summed E-state index contributed by atoms with van der Waals surface area (Å²) in [5.74, 6) is -1.04. The zero-order valence-corrected chi connectivity index (χ0v) is 24.9. The SMILES string of the molecule is CCN1CCc2c(sc(NC(=O)c3ccc(S(=O)(=O)N4CCc5ccccc5C4)cc3)c2C(=O)NC(=O)N(C)C)C1. The van der Waals surface area contributed by atoms with Crippen LogP contribution in [0.4, 0.5) is 9.80 Å². The third-order valence-electron chi connectivity index (χ3n) is 7.51. The number of amides is 4. The van der Waals surface area contributed by atoms with Crippen molar-refractivity contribution in [2.24, 2.45) is 0 Å². The Morgan fingerprint density at radius 1 is 0.927 bits per heavy atom. The number of carbonyl (C=O) groups excluding carboxylic acids is 3. The Morgan fingerprint density at radius 2 is 1.63 bits per heavy atom. The molecular weight excluding hydrogens is 562 g/mol. The first-order valence-corrected chi connectivity index (χ1v) is 15.7. The molecule has 41 heavy (non-hydrogen) atoms. The molecule has 3 aromatic rings. The summed E-state index contributed by atoms with van der Waals surface area (Å²) in [5.41, 5.74) is 3.54. The van der Waals surface area contributed by atoms with Crippen molar-refractivity contribution in [2.75, 3.05) is 39.0 Å². The zero-order chi connectivity index (χ0) is 29.3. The molecule has 0 radical (unpaired) electrons. The average molecular weight is 596 g/mol. The number of likely N-dealkylation sites (N-methyl/N-ethyl adjacent to an activating group) is 1. The van der Waals surface area contributed by atoms with Gasteiger partial charge in [0.05, 0.1) is 10.5 Å². The number of carbonyl (C=O) groups is 3. The molecule has 1 aromatic heterocycles. The molecule has 0 atom stereocenters. The zero-order valence-electron chi connectivity index (χ0n) is 23.3. The van der Waals surface area contributed by atoms with Crippen molar-refractivity contribution in [1.29, 1.82) is 0 Å². The molecule has 0 spiro atoms. The molecule has 0 aliphatic carbocycles. The van der Waals surface area contributed by atoms with E-state index in [1.807, 2.05) is 24.3 Å². The molecule has 216 valence electrons. The average Bonchev–Trinajstić information content (AvgIpc) is 3.33. The van der Waals surface area contributed by atoms with Crippen molar-refractivity contribution in [1.82, 2.24) is 19.4 Å². The van der Waals surface area contributed by atoms with E-state index >= 15 is 0 Å². The van der Waals surface area contributed by atoms with Crippen LogP contribution in [-0.2, 0) is 36.0 Å². The molecule has 5 rings (SSSR count). The van der Waals surface area contributed by atoms with Crippen LogP contribution in [0.5, 0.6) is 0 Å². The van der Waals surface area contributed by atoms with Crippen LogP contribution < -0.4 is 10.6 Å². The fraction of sp³-hybridized carbons (Fsp3) is 0.345. The van der Waals surface area contributed by atoms with Gasteiger partial charge in [0.25, 0.3) is 11.8 Å². The summed E-state index contributed by atoms with van der Waals surface area (Å²) in [6.45, 7) is 5.05. The van der Waals surface area contributed by atoms with E-state index in [0.717, 1.165) is 34.7 Å². The van der Waals surface area contributed by atoms with Crippen molar-refractivity contribution in [3.8, 4) is 0 Å². The lowest BCUT2D eigenvalue weighted by Gasteiger charge is -2.28. The molecule has 2 N–H and O–H groups in total. The predicted molar refractivity (Wildman–Crippen MR) is 158 cm³/mol. The van der Waals surface area contributed by atoms with Crippen molar-refractivity contribution in [3.63, 3.8) is 0 Å². The third-order valence-corrected chi connectivity index (χ3v) is 10.5. The smallest absolute Gasteiger partial charge is 0.323 e. The van der Waals surface area contributed by atoms with E-state index in [-0.39, 0.29) is 10.5 Å². The largest absolute Gasteiger partial charge is 0.331 e. The van der Waals surface area contributed by atoms with Crippen molar-refractivity contribution in [3.05, 3.63) is 81.2 Å². The molecule has 3 heterocycles. The molecule has 0 saturated carbocycles. The van der Waals surface area contributed by atoms with Gasteiger partial charge in [-0.1, -0.05) is 31.2 Å². The molecule has 4 amide bonds. The Balaban J connectivity index is 1.36. The van der Waals surface area contributed by atoms with Gasteiger partial charge in [-0.3, -0.25) is 19.8 Å². The maximum Gasteiger partial charge on any atom is 0.323 e. The number of benzene rings is 2. The minimum Gasteiger partial charge on any atom is -0.331 e. The monoisotopic (exact) mass is 595 g/mol. The number of sulfonamides is 1. The number of thiophene rings is 1. The van der Waals surface area contributed by atoms with Gasteiger partial charge in [-0.25, -0.2) is 13.2 Å². The fourth-order valence-corrected chi connectivity index (χ4v) is 7.81. The Labute approximate surface area is 244 Å². The quantitative estimate of drug-likeness (QED) is 0.450. The van der Waals surface area contributed by atoms with Gasteiger partial charge in [0.2, 0.25) is 10.0 Å². The number of nitrogens with zero attached hydrogens (tertiary/aromatic N) is 3. The van der Waals surface area contributed by atoms with Crippen molar-refractivity contribution in [2.45, 2.75) is 37.8 Å². The fourth-order valence-electron chi connectivity index (χ4n) is 5.10. The predicted octanol–water partition coefficient (Wildman–Crippen LogP) is 3.54. The van der Waals surface area contributed by atoms with Crippen LogP contribution in [0, 0.1) is 0 Å². The van der Waals surface area contributed by atoms with E-state index in [9.17, 15) is 22.8 Å². The lowest BCUT2D eigenvalue weighted by atomic mass is 10.0. The molecule has 0 saturated heterocycles. The van der Waals surface area contributed by atoms with E-state index in [4.69, 9.17) is 0 Å².